The van der Waals surface area contributed by atoms with E-state index in [2.05, 4.69) is 12.2 Å². The van der Waals surface area contributed by atoms with Crippen LogP contribution in [0.15, 0.2) is 0 Å². The second-order valence-electron chi connectivity index (χ2n) is 7.67. The first-order chi connectivity index (χ1) is 8.28. The van der Waals surface area contributed by atoms with Gasteiger partial charge in [-0.05, 0) is 80.6 Å². The average molecular weight is 233 g/mol. The van der Waals surface area contributed by atoms with Gasteiger partial charge in [0.05, 0.1) is 0 Å². The average Bonchev–Trinajstić information content (AvgIpc) is 3.11. The topological polar surface area (TPSA) is 12.0 Å². The van der Waals surface area contributed by atoms with Crippen LogP contribution in [-0.4, -0.2) is 12.6 Å². The summed E-state index contributed by atoms with van der Waals surface area (Å²) < 4.78 is 0. The molecule has 96 valence electrons. The van der Waals surface area contributed by atoms with Gasteiger partial charge in [0.25, 0.3) is 0 Å². The van der Waals surface area contributed by atoms with E-state index in [1.807, 2.05) is 0 Å². The molecular formula is C16H27N. The molecule has 5 aliphatic carbocycles. The zero-order valence-electron chi connectivity index (χ0n) is 11.3. The number of nitrogens with one attached hydrogen (secondary N) is 1. The van der Waals surface area contributed by atoms with Gasteiger partial charge in [0.15, 0.2) is 0 Å². The summed E-state index contributed by atoms with van der Waals surface area (Å²) in [4.78, 5) is 0. The lowest BCUT2D eigenvalue weighted by Gasteiger charge is -2.60. The van der Waals surface area contributed by atoms with Crippen LogP contribution in [0.4, 0.5) is 0 Å². The van der Waals surface area contributed by atoms with Crippen molar-refractivity contribution in [3.63, 3.8) is 0 Å². The van der Waals surface area contributed by atoms with Crippen LogP contribution in [0.5, 0.6) is 0 Å². The van der Waals surface area contributed by atoms with Crippen LogP contribution in [0.2, 0.25) is 0 Å². The molecule has 0 aliphatic heterocycles. The minimum atomic E-state index is 0.798. The predicted molar refractivity (Wildman–Crippen MR) is 70.8 cm³/mol. The Kier molecular flexibility index (Phi) is 2.38. The summed E-state index contributed by atoms with van der Waals surface area (Å²) in [5.41, 5.74) is 0.798. The fraction of sp³-hybridized carbons (Fsp3) is 1.00. The van der Waals surface area contributed by atoms with Crippen molar-refractivity contribution < 1.29 is 0 Å². The quantitative estimate of drug-likeness (QED) is 0.782. The largest absolute Gasteiger partial charge is 0.314 e. The Labute approximate surface area is 106 Å². The van der Waals surface area contributed by atoms with Crippen molar-refractivity contribution in [2.45, 2.75) is 64.3 Å². The molecule has 5 aliphatic rings. The maximum atomic E-state index is 3.82. The standard InChI is InChI=1S/C16H27N/c1-2-16-7-11-5-12(8-16)15(13(6-11)9-16)10-17-14-3-4-14/h11-15,17H,2-10H2,1H3. The van der Waals surface area contributed by atoms with E-state index < -0.39 is 0 Å². The van der Waals surface area contributed by atoms with E-state index in [1.165, 1.54) is 25.8 Å². The van der Waals surface area contributed by atoms with E-state index in [4.69, 9.17) is 0 Å². The van der Waals surface area contributed by atoms with Crippen molar-refractivity contribution in [3.05, 3.63) is 0 Å². The van der Waals surface area contributed by atoms with Gasteiger partial charge in [0, 0.05) is 6.04 Å². The summed E-state index contributed by atoms with van der Waals surface area (Å²) in [5, 5.41) is 3.82. The minimum Gasteiger partial charge on any atom is -0.314 e. The zero-order chi connectivity index (χ0) is 11.5. The maximum Gasteiger partial charge on any atom is 0.00683 e. The van der Waals surface area contributed by atoms with Crippen LogP contribution in [0.3, 0.4) is 0 Å². The van der Waals surface area contributed by atoms with E-state index in [1.54, 1.807) is 32.1 Å². The lowest BCUT2D eigenvalue weighted by molar-refractivity contribution is -0.0956. The molecule has 0 saturated heterocycles. The summed E-state index contributed by atoms with van der Waals surface area (Å²) in [5.74, 6) is 4.34. The van der Waals surface area contributed by atoms with E-state index in [0.29, 0.717) is 0 Å². The first-order valence-electron chi connectivity index (χ1n) is 8.01. The summed E-state index contributed by atoms with van der Waals surface area (Å²) in [7, 11) is 0. The molecule has 0 amide bonds. The fourth-order valence-electron chi connectivity index (χ4n) is 5.65. The summed E-state index contributed by atoms with van der Waals surface area (Å²) in [6, 6.07) is 0.910. The van der Waals surface area contributed by atoms with Gasteiger partial charge in [-0.3, -0.25) is 0 Å². The Bertz CT molecular complexity index is 291. The summed E-state index contributed by atoms with van der Waals surface area (Å²) >= 11 is 0. The lowest BCUT2D eigenvalue weighted by atomic mass is 9.45. The van der Waals surface area contributed by atoms with Gasteiger partial charge in [-0.1, -0.05) is 13.3 Å². The van der Waals surface area contributed by atoms with Crippen LogP contribution >= 0.6 is 0 Å². The van der Waals surface area contributed by atoms with Gasteiger partial charge >= 0.3 is 0 Å². The Morgan fingerprint density at radius 3 is 2.35 bits per heavy atom. The second-order valence-corrected chi connectivity index (χ2v) is 7.67. The van der Waals surface area contributed by atoms with E-state index in [9.17, 15) is 0 Å². The van der Waals surface area contributed by atoms with Crippen LogP contribution in [0.1, 0.15) is 58.3 Å². The minimum absolute atomic E-state index is 0.798. The van der Waals surface area contributed by atoms with E-state index >= 15 is 0 Å². The highest BCUT2D eigenvalue weighted by molar-refractivity contribution is 5.05. The van der Waals surface area contributed by atoms with E-state index in [0.717, 1.165) is 35.1 Å². The maximum absolute atomic E-state index is 3.82. The third-order valence-electron chi connectivity index (χ3n) is 6.56. The Morgan fingerprint density at radius 2 is 1.76 bits per heavy atom. The van der Waals surface area contributed by atoms with E-state index in [-0.39, 0.29) is 0 Å². The van der Waals surface area contributed by atoms with Crippen molar-refractivity contribution in [3.8, 4) is 0 Å². The van der Waals surface area contributed by atoms with Crippen molar-refractivity contribution in [1.29, 1.82) is 0 Å². The number of hydrogen-bond donors (Lipinski definition) is 1. The molecule has 4 bridgehead atoms. The Balaban J connectivity index is 1.48. The van der Waals surface area contributed by atoms with Crippen molar-refractivity contribution in [1.82, 2.24) is 5.32 Å². The highest BCUT2D eigenvalue weighted by atomic mass is 15.0. The monoisotopic (exact) mass is 233 g/mol. The van der Waals surface area contributed by atoms with Crippen molar-refractivity contribution in [2.24, 2.45) is 29.1 Å². The van der Waals surface area contributed by atoms with Gasteiger partial charge in [-0.15, -0.1) is 0 Å². The molecule has 0 aromatic heterocycles. The molecule has 1 nitrogen and oxygen atoms in total. The molecule has 1 N–H and O–H groups in total. The highest BCUT2D eigenvalue weighted by Crippen LogP contribution is 2.63. The van der Waals surface area contributed by atoms with Gasteiger partial charge in [0.2, 0.25) is 0 Å². The molecule has 5 rings (SSSR count). The molecule has 0 radical (unpaired) electrons. The third-order valence-corrected chi connectivity index (χ3v) is 6.56. The molecule has 1 heteroatoms. The first kappa shape index (κ1) is 10.8. The summed E-state index contributed by atoms with van der Waals surface area (Å²) in [6.07, 6.45) is 12.2. The van der Waals surface area contributed by atoms with Crippen LogP contribution < -0.4 is 5.32 Å². The lowest BCUT2D eigenvalue weighted by Crippen LogP contribution is -2.53. The van der Waals surface area contributed by atoms with Crippen LogP contribution in [0.25, 0.3) is 0 Å². The second kappa shape index (κ2) is 3.73. The Hall–Kier alpha value is -0.0400. The zero-order valence-corrected chi connectivity index (χ0v) is 11.3. The number of hydrogen-bond acceptors (Lipinski definition) is 1. The summed E-state index contributed by atoms with van der Waals surface area (Å²) in [6.45, 7) is 3.80. The van der Waals surface area contributed by atoms with Gasteiger partial charge in [-0.25, -0.2) is 0 Å². The normalized spacial score (nSPS) is 52.1. The first-order valence-corrected chi connectivity index (χ1v) is 8.01. The predicted octanol–water partition coefficient (Wildman–Crippen LogP) is 3.59. The molecule has 5 saturated carbocycles. The molecule has 17 heavy (non-hydrogen) atoms. The molecule has 2 atom stereocenters. The molecule has 0 aromatic carbocycles. The molecule has 0 aromatic rings. The molecule has 2 unspecified atom stereocenters. The SMILES string of the molecule is CCC12CC3CC(C1)C(CNC1CC1)C(C3)C2. The molecule has 0 heterocycles. The van der Waals surface area contributed by atoms with Gasteiger partial charge in [-0.2, -0.15) is 0 Å². The van der Waals surface area contributed by atoms with Crippen LogP contribution in [-0.2, 0) is 0 Å². The number of rotatable bonds is 4. The van der Waals surface area contributed by atoms with Crippen molar-refractivity contribution in [2.75, 3.05) is 6.54 Å². The molecule has 0 spiro atoms. The third kappa shape index (κ3) is 1.77. The fourth-order valence-corrected chi connectivity index (χ4v) is 5.65. The Morgan fingerprint density at radius 1 is 1.06 bits per heavy atom. The smallest absolute Gasteiger partial charge is 0.00683 e. The molecular weight excluding hydrogens is 206 g/mol. The highest BCUT2D eigenvalue weighted by Gasteiger charge is 2.54. The van der Waals surface area contributed by atoms with Gasteiger partial charge < -0.3 is 5.32 Å². The van der Waals surface area contributed by atoms with Crippen molar-refractivity contribution >= 4 is 0 Å². The van der Waals surface area contributed by atoms with Gasteiger partial charge in [0.1, 0.15) is 0 Å². The molecule has 5 fully saturated rings. The van der Waals surface area contributed by atoms with Crippen LogP contribution in [0, 0.1) is 29.1 Å².